The van der Waals surface area contributed by atoms with Crippen LogP contribution in [-0.2, 0) is 0 Å². The second-order valence-electron chi connectivity index (χ2n) is 5.38. The number of anilines is 1. The minimum atomic E-state index is -0.256. The largest absolute Gasteiger partial charge is 0.494 e. The van der Waals surface area contributed by atoms with Crippen LogP contribution in [0.15, 0.2) is 18.2 Å². The number of carbonyl (C=O) groups excluding carboxylic acids is 1. The summed E-state index contributed by atoms with van der Waals surface area (Å²) in [6.07, 6.45) is 0. The molecule has 0 spiro atoms. The van der Waals surface area contributed by atoms with Crippen LogP contribution in [0.5, 0.6) is 11.5 Å². The summed E-state index contributed by atoms with van der Waals surface area (Å²) in [6, 6.07) is 5.20. The van der Waals surface area contributed by atoms with Crippen LogP contribution in [0, 0.1) is 0 Å². The summed E-state index contributed by atoms with van der Waals surface area (Å²) in [7, 11) is 3.12. The molecule has 2 amide bonds. The minimum Gasteiger partial charge on any atom is -0.494 e. The summed E-state index contributed by atoms with van der Waals surface area (Å²) >= 11 is 0. The average Bonchev–Trinajstić information content (AvgIpc) is 2.38. The van der Waals surface area contributed by atoms with Gasteiger partial charge in [0.1, 0.15) is 17.2 Å². The molecule has 20 heavy (non-hydrogen) atoms. The van der Waals surface area contributed by atoms with Gasteiger partial charge >= 0.3 is 6.03 Å². The van der Waals surface area contributed by atoms with E-state index in [1.165, 1.54) is 0 Å². The van der Waals surface area contributed by atoms with Gasteiger partial charge in [0.05, 0.1) is 14.2 Å². The molecule has 0 fully saturated rings. The maximum Gasteiger partial charge on any atom is 0.322 e. The molecule has 0 heterocycles. The third kappa shape index (κ3) is 3.56. The fourth-order valence-electron chi connectivity index (χ4n) is 2.07. The zero-order chi connectivity index (χ0) is 15.3. The Balaban J connectivity index is 3.06. The zero-order valence-electron chi connectivity index (χ0n) is 13.1. The molecule has 1 aromatic rings. The average molecular weight is 280 g/mol. The van der Waals surface area contributed by atoms with Gasteiger partial charge in [-0.25, -0.2) is 4.79 Å². The van der Waals surface area contributed by atoms with Gasteiger partial charge in [-0.2, -0.15) is 0 Å². The molecule has 112 valence electrons. The number of ether oxygens (including phenoxy) is 2. The Morgan fingerprint density at radius 2 is 1.70 bits per heavy atom. The summed E-state index contributed by atoms with van der Waals surface area (Å²) in [6.45, 7) is 8.55. The van der Waals surface area contributed by atoms with Crippen molar-refractivity contribution in [2.45, 2.75) is 33.2 Å². The number of nitrogens with one attached hydrogen (secondary N) is 1. The molecule has 0 aromatic heterocycles. The van der Waals surface area contributed by atoms with Crippen LogP contribution in [0.25, 0.3) is 0 Å². The molecule has 0 aliphatic heterocycles. The van der Waals surface area contributed by atoms with E-state index in [9.17, 15) is 4.79 Å². The highest BCUT2D eigenvalue weighted by atomic mass is 16.5. The number of para-hydroxylation sites is 1. The van der Waals surface area contributed by atoms with Crippen molar-refractivity contribution < 1.29 is 14.3 Å². The number of amides is 2. The highest BCUT2D eigenvalue weighted by Gasteiger charge is 2.26. The Bertz CT molecular complexity index is 444. The summed E-state index contributed by atoms with van der Waals surface area (Å²) in [5, 5.41) is 2.88. The molecule has 0 aliphatic carbocycles. The Hall–Kier alpha value is -1.91. The lowest BCUT2D eigenvalue weighted by atomic mass is 10.1. The molecule has 0 unspecified atom stereocenters. The number of rotatable bonds is 4. The molecule has 1 rings (SSSR count). The highest BCUT2D eigenvalue weighted by Crippen LogP contribution is 2.34. The third-order valence-electron chi connectivity index (χ3n) is 3.03. The molecule has 5 heteroatoms. The third-order valence-corrected chi connectivity index (χ3v) is 3.03. The summed E-state index contributed by atoms with van der Waals surface area (Å²) in [4.78, 5) is 14.2. The van der Waals surface area contributed by atoms with E-state index < -0.39 is 0 Å². The standard InChI is InChI=1S/C15H24N2O3/c1-7-17(15(2,3)4)14(18)16-13-11(19-5)9-8-10-12(13)20-6/h8-10H,7H2,1-6H3,(H,16,18). The normalized spacial score (nSPS) is 10.9. The van der Waals surface area contributed by atoms with Crippen molar-refractivity contribution in [2.75, 3.05) is 26.1 Å². The van der Waals surface area contributed by atoms with E-state index in [0.717, 1.165) is 0 Å². The number of hydrogen-bond acceptors (Lipinski definition) is 3. The first-order chi connectivity index (χ1) is 9.35. The first kappa shape index (κ1) is 16.1. The molecule has 1 N–H and O–H groups in total. The fourth-order valence-corrected chi connectivity index (χ4v) is 2.07. The molecule has 5 nitrogen and oxygen atoms in total. The van der Waals surface area contributed by atoms with E-state index in [0.29, 0.717) is 23.7 Å². The maximum absolute atomic E-state index is 12.4. The topological polar surface area (TPSA) is 50.8 Å². The van der Waals surface area contributed by atoms with Gasteiger partial charge in [-0.15, -0.1) is 0 Å². The van der Waals surface area contributed by atoms with Crippen LogP contribution >= 0.6 is 0 Å². The predicted molar refractivity (Wildman–Crippen MR) is 80.7 cm³/mol. The Morgan fingerprint density at radius 1 is 1.20 bits per heavy atom. The molecule has 0 atom stereocenters. The van der Waals surface area contributed by atoms with Gasteiger partial charge in [-0.05, 0) is 39.8 Å². The highest BCUT2D eigenvalue weighted by molar-refractivity contribution is 5.93. The summed E-state index contributed by atoms with van der Waals surface area (Å²) in [5.74, 6) is 1.14. The van der Waals surface area contributed by atoms with Crippen LogP contribution < -0.4 is 14.8 Å². The van der Waals surface area contributed by atoms with Crippen LogP contribution in [0.3, 0.4) is 0 Å². The Kier molecular flexibility index (Phi) is 5.25. The first-order valence-electron chi connectivity index (χ1n) is 6.64. The van der Waals surface area contributed by atoms with Gasteiger partial charge in [0.2, 0.25) is 0 Å². The van der Waals surface area contributed by atoms with Crippen molar-refractivity contribution in [1.82, 2.24) is 4.90 Å². The van der Waals surface area contributed by atoms with Crippen LogP contribution in [-0.4, -0.2) is 37.2 Å². The van der Waals surface area contributed by atoms with Gasteiger partial charge in [-0.1, -0.05) is 6.07 Å². The number of methoxy groups -OCH3 is 2. The van der Waals surface area contributed by atoms with Crippen molar-refractivity contribution in [3.63, 3.8) is 0 Å². The van der Waals surface area contributed by atoms with Crippen LogP contribution in [0.4, 0.5) is 10.5 Å². The smallest absolute Gasteiger partial charge is 0.322 e. The van der Waals surface area contributed by atoms with E-state index in [2.05, 4.69) is 5.32 Å². The van der Waals surface area contributed by atoms with E-state index in [1.54, 1.807) is 31.3 Å². The van der Waals surface area contributed by atoms with Gasteiger partial charge in [0.25, 0.3) is 0 Å². The van der Waals surface area contributed by atoms with Crippen LogP contribution in [0.2, 0.25) is 0 Å². The van der Waals surface area contributed by atoms with E-state index in [-0.39, 0.29) is 11.6 Å². The summed E-state index contributed by atoms with van der Waals surface area (Å²) < 4.78 is 10.5. The second kappa shape index (κ2) is 6.50. The van der Waals surface area contributed by atoms with Gasteiger partial charge in [-0.3, -0.25) is 0 Å². The first-order valence-corrected chi connectivity index (χ1v) is 6.64. The van der Waals surface area contributed by atoms with E-state index >= 15 is 0 Å². The number of benzene rings is 1. The fraction of sp³-hybridized carbons (Fsp3) is 0.533. The molecule has 0 saturated heterocycles. The van der Waals surface area contributed by atoms with Gasteiger partial charge < -0.3 is 19.7 Å². The maximum atomic E-state index is 12.4. The molecule has 0 saturated carbocycles. The minimum absolute atomic E-state index is 0.178. The number of nitrogens with zero attached hydrogens (tertiary/aromatic N) is 1. The molecular weight excluding hydrogens is 256 g/mol. The van der Waals surface area contributed by atoms with Crippen molar-refractivity contribution >= 4 is 11.7 Å². The van der Waals surface area contributed by atoms with Crippen molar-refractivity contribution in [3.8, 4) is 11.5 Å². The van der Waals surface area contributed by atoms with Crippen molar-refractivity contribution in [3.05, 3.63) is 18.2 Å². The van der Waals surface area contributed by atoms with E-state index in [1.807, 2.05) is 33.8 Å². The lowest BCUT2D eigenvalue weighted by molar-refractivity contribution is 0.162. The second-order valence-corrected chi connectivity index (χ2v) is 5.38. The van der Waals surface area contributed by atoms with Gasteiger partial charge in [0, 0.05) is 12.1 Å². The SMILES string of the molecule is CCN(C(=O)Nc1c(OC)cccc1OC)C(C)(C)C. The lowest BCUT2D eigenvalue weighted by Gasteiger charge is -2.35. The lowest BCUT2D eigenvalue weighted by Crippen LogP contribution is -2.47. The number of urea groups is 1. The van der Waals surface area contributed by atoms with Crippen molar-refractivity contribution in [1.29, 1.82) is 0 Å². The van der Waals surface area contributed by atoms with Crippen molar-refractivity contribution in [2.24, 2.45) is 0 Å². The Morgan fingerprint density at radius 3 is 2.05 bits per heavy atom. The molecular formula is C15H24N2O3. The van der Waals surface area contributed by atoms with Crippen LogP contribution in [0.1, 0.15) is 27.7 Å². The number of carbonyl (C=O) groups is 1. The number of hydrogen-bond donors (Lipinski definition) is 1. The zero-order valence-corrected chi connectivity index (χ0v) is 13.1. The quantitative estimate of drug-likeness (QED) is 0.920. The van der Waals surface area contributed by atoms with Gasteiger partial charge in [0.15, 0.2) is 0 Å². The molecule has 0 aliphatic rings. The monoisotopic (exact) mass is 280 g/mol. The molecule has 0 radical (unpaired) electrons. The molecule has 1 aromatic carbocycles. The Labute approximate surface area is 120 Å². The molecule has 0 bridgehead atoms. The summed E-state index contributed by atoms with van der Waals surface area (Å²) in [5.41, 5.74) is 0.291. The predicted octanol–water partition coefficient (Wildman–Crippen LogP) is 3.36. The van der Waals surface area contributed by atoms with E-state index in [4.69, 9.17) is 9.47 Å².